The summed E-state index contributed by atoms with van der Waals surface area (Å²) in [5, 5.41) is 14.5. The number of nitrogens with one attached hydrogen (secondary N) is 1. The Morgan fingerprint density at radius 1 is 1.19 bits per heavy atom. The highest BCUT2D eigenvalue weighted by Gasteiger charge is 2.19. The van der Waals surface area contributed by atoms with Crippen molar-refractivity contribution in [2.24, 2.45) is 0 Å². The van der Waals surface area contributed by atoms with Crippen LogP contribution in [0.1, 0.15) is 17.3 Å². The first-order valence-electron chi connectivity index (χ1n) is 9.34. The van der Waals surface area contributed by atoms with Crippen molar-refractivity contribution in [2.45, 2.75) is 6.92 Å². The number of nitro groups is 1. The van der Waals surface area contributed by atoms with Crippen LogP contribution in [0.4, 0.5) is 11.4 Å². The molecule has 1 N–H and O–H groups in total. The third-order valence-electron chi connectivity index (χ3n) is 4.47. The highest BCUT2D eigenvalue weighted by molar-refractivity contribution is 6.33. The van der Waals surface area contributed by atoms with E-state index in [0.717, 1.165) is 0 Å². The maximum Gasteiger partial charge on any atom is 0.311 e. The lowest BCUT2D eigenvalue weighted by atomic mass is 10.1. The molecule has 0 aliphatic carbocycles. The quantitative estimate of drug-likeness (QED) is 0.306. The molecule has 31 heavy (non-hydrogen) atoms. The van der Waals surface area contributed by atoms with Gasteiger partial charge in [-0.1, -0.05) is 23.7 Å². The van der Waals surface area contributed by atoms with E-state index in [0.29, 0.717) is 33.3 Å². The van der Waals surface area contributed by atoms with Gasteiger partial charge in [-0.05, 0) is 49.4 Å². The summed E-state index contributed by atoms with van der Waals surface area (Å²) in [4.78, 5) is 27.8. The average molecular weight is 438 g/mol. The lowest BCUT2D eigenvalue weighted by Crippen LogP contribution is -2.12. The maximum absolute atomic E-state index is 12.6. The normalized spacial score (nSPS) is 10.8. The molecule has 0 saturated carbocycles. The van der Waals surface area contributed by atoms with Crippen LogP contribution in [0.15, 0.2) is 65.1 Å². The predicted octanol–water partition coefficient (Wildman–Crippen LogP) is 5.71. The fourth-order valence-corrected chi connectivity index (χ4v) is 3.25. The number of oxazole rings is 1. The van der Waals surface area contributed by atoms with Crippen molar-refractivity contribution in [1.82, 2.24) is 4.98 Å². The molecule has 0 bridgehead atoms. The van der Waals surface area contributed by atoms with Gasteiger partial charge in [0.2, 0.25) is 5.89 Å². The SMILES string of the molecule is CCOc1ccc(C(=O)Nc2ccc3oc(-c4ccccc4Cl)nc3c2)cc1[N+](=O)[O-]. The van der Waals surface area contributed by atoms with Crippen LogP contribution in [-0.2, 0) is 0 Å². The summed E-state index contributed by atoms with van der Waals surface area (Å²) in [5.41, 5.74) is 2.05. The first-order chi connectivity index (χ1) is 15.0. The number of nitro benzene ring substituents is 1. The number of nitrogens with zero attached hydrogens (tertiary/aromatic N) is 2. The van der Waals surface area contributed by atoms with Gasteiger partial charge in [-0.25, -0.2) is 4.98 Å². The van der Waals surface area contributed by atoms with Crippen molar-refractivity contribution in [1.29, 1.82) is 0 Å². The van der Waals surface area contributed by atoms with Gasteiger partial charge in [-0.2, -0.15) is 0 Å². The molecule has 9 heteroatoms. The Labute approximate surface area is 181 Å². The summed E-state index contributed by atoms with van der Waals surface area (Å²) >= 11 is 6.21. The fourth-order valence-electron chi connectivity index (χ4n) is 3.04. The standard InChI is InChI=1S/C22H16ClN3O5/c1-2-30-20-9-7-13(11-18(20)26(28)29)21(27)24-14-8-10-19-17(12-14)25-22(31-19)15-5-3-4-6-16(15)23/h3-12H,2H2,1H3,(H,24,27). The molecule has 1 heterocycles. The topological polar surface area (TPSA) is 108 Å². The van der Waals surface area contributed by atoms with Crippen molar-refractivity contribution >= 4 is 40.0 Å². The Kier molecular flexibility index (Phi) is 5.55. The van der Waals surface area contributed by atoms with Crippen molar-refractivity contribution in [2.75, 3.05) is 11.9 Å². The molecule has 0 atom stereocenters. The van der Waals surface area contributed by atoms with Crippen LogP contribution in [0.2, 0.25) is 5.02 Å². The van der Waals surface area contributed by atoms with Crippen molar-refractivity contribution in [3.63, 3.8) is 0 Å². The number of carbonyl (C=O) groups excluding carboxylic acids is 1. The number of rotatable bonds is 6. The smallest absolute Gasteiger partial charge is 0.311 e. The second-order valence-corrected chi connectivity index (χ2v) is 6.92. The minimum absolute atomic E-state index is 0.111. The van der Waals surface area contributed by atoms with E-state index in [1.807, 2.05) is 12.1 Å². The summed E-state index contributed by atoms with van der Waals surface area (Å²) in [6, 6.07) is 16.2. The summed E-state index contributed by atoms with van der Waals surface area (Å²) < 4.78 is 11.0. The minimum atomic E-state index is -0.584. The third-order valence-corrected chi connectivity index (χ3v) is 4.80. The lowest BCUT2D eigenvalue weighted by molar-refractivity contribution is -0.385. The number of benzene rings is 3. The molecule has 3 aromatic carbocycles. The predicted molar refractivity (Wildman–Crippen MR) is 117 cm³/mol. The fraction of sp³-hybridized carbons (Fsp3) is 0.0909. The summed E-state index contributed by atoms with van der Waals surface area (Å²) in [5.74, 6) is -0.0216. The molecule has 0 saturated heterocycles. The Morgan fingerprint density at radius 3 is 2.74 bits per heavy atom. The molecule has 1 aromatic heterocycles. The van der Waals surface area contributed by atoms with Gasteiger partial charge < -0.3 is 14.5 Å². The average Bonchev–Trinajstić information content (AvgIpc) is 3.17. The van der Waals surface area contributed by atoms with E-state index in [4.69, 9.17) is 20.8 Å². The van der Waals surface area contributed by atoms with Crippen molar-refractivity contribution in [3.8, 4) is 17.2 Å². The van der Waals surface area contributed by atoms with Gasteiger partial charge in [-0.15, -0.1) is 0 Å². The number of aromatic nitrogens is 1. The molecule has 156 valence electrons. The van der Waals surface area contributed by atoms with Crippen LogP contribution in [0.25, 0.3) is 22.6 Å². The number of ether oxygens (including phenoxy) is 1. The maximum atomic E-state index is 12.6. The zero-order valence-corrected chi connectivity index (χ0v) is 17.1. The molecule has 8 nitrogen and oxygen atoms in total. The molecule has 0 fully saturated rings. The number of anilines is 1. The second kappa shape index (κ2) is 8.45. The highest BCUT2D eigenvalue weighted by atomic mass is 35.5. The molecular weight excluding hydrogens is 422 g/mol. The molecule has 0 unspecified atom stereocenters. The summed E-state index contributed by atoms with van der Waals surface area (Å²) in [7, 11) is 0. The van der Waals surface area contributed by atoms with E-state index in [9.17, 15) is 14.9 Å². The number of carbonyl (C=O) groups is 1. The van der Waals surface area contributed by atoms with Gasteiger partial charge in [0, 0.05) is 17.3 Å². The number of halogens is 1. The molecule has 4 aromatic rings. The van der Waals surface area contributed by atoms with Gasteiger partial charge >= 0.3 is 5.69 Å². The van der Waals surface area contributed by atoms with Crippen LogP contribution >= 0.6 is 11.6 Å². The molecule has 1 amide bonds. The molecule has 0 aliphatic heterocycles. The van der Waals surface area contributed by atoms with Crippen molar-refractivity contribution in [3.05, 3.63) is 81.4 Å². The Balaban J connectivity index is 1.60. The minimum Gasteiger partial charge on any atom is -0.487 e. The first-order valence-corrected chi connectivity index (χ1v) is 9.72. The van der Waals surface area contributed by atoms with Crippen molar-refractivity contribution < 1.29 is 18.9 Å². The number of fused-ring (bicyclic) bond motifs is 1. The molecule has 0 aliphatic rings. The Morgan fingerprint density at radius 2 is 2.00 bits per heavy atom. The molecule has 4 rings (SSSR count). The Hall–Kier alpha value is -3.91. The van der Waals surface area contributed by atoms with Gasteiger partial charge in [0.05, 0.1) is 22.1 Å². The summed E-state index contributed by atoms with van der Waals surface area (Å²) in [6.07, 6.45) is 0. The van der Waals surface area contributed by atoms with Gasteiger partial charge in [0.15, 0.2) is 11.3 Å². The van der Waals surface area contributed by atoms with E-state index in [1.165, 1.54) is 18.2 Å². The van der Waals surface area contributed by atoms with Gasteiger partial charge in [0.25, 0.3) is 5.91 Å². The van der Waals surface area contributed by atoms with Crippen LogP contribution in [0.3, 0.4) is 0 Å². The van der Waals surface area contributed by atoms with Gasteiger partial charge in [-0.3, -0.25) is 14.9 Å². The number of amides is 1. The number of hydrogen-bond acceptors (Lipinski definition) is 6. The van der Waals surface area contributed by atoms with E-state index >= 15 is 0 Å². The van der Waals surface area contributed by atoms with Crippen LogP contribution < -0.4 is 10.1 Å². The zero-order valence-electron chi connectivity index (χ0n) is 16.3. The van der Waals surface area contributed by atoms with Crippen LogP contribution in [-0.4, -0.2) is 22.4 Å². The lowest BCUT2D eigenvalue weighted by Gasteiger charge is -2.07. The van der Waals surface area contributed by atoms with E-state index < -0.39 is 10.8 Å². The second-order valence-electron chi connectivity index (χ2n) is 6.51. The monoisotopic (exact) mass is 437 g/mol. The van der Waals surface area contributed by atoms with Crippen LogP contribution in [0, 0.1) is 10.1 Å². The highest BCUT2D eigenvalue weighted by Crippen LogP contribution is 2.31. The first kappa shape index (κ1) is 20.4. The zero-order chi connectivity index (χ0) is 22.0. The summed E-state index contributed by atoms with van der Waals surface area (Å²) in [6.45, 7) is 2.00. The van der Waals surface area contributed by atoms with Gasteiger partial charge in [0.1, 0.15) is 5.52 Å². The number of hydrogen-bond donors (Lipinski definition) is 1. The third kappa shape index (κ3) is 4.19. The van der Waals surface area contributed by atoms with Crippen LogP contribution in [0.5, 0.6) is 5.75 Å². The molecule has 0 spiro atoms. The molecule has 0 radical (unpaired) electrons. The van der Waals surface area contributed by atoms with E-state index in [1.54, 1.807) is 37.3 Å². The Bertz CT molecular complexity index is 1300. The van der Waals surface area contributed by atoms with E-state index in [-0.39, 0.29) is 23.6 Å². The largest absolute Gasteiger partial charge is 0.487 e. The van der Waals surface area contributed by atoms with E-state index in [2.05, 4.69) is 10.3 Å². The molecular formula is C22H16ClN3O5.